The number of likely N-dealkylation sites (N-methyl/N-ethyl adjacent to an activating group) is 1. The van der Waals surface area contributed by atoms with Crippen molar-refractivity contribution in [2.24, 2.45) is 15.4 Å². The highest BCUT2D eigenvalue weighted by atomic mass is 15.2. The van der Waals surface area contributed by atoms with Gasteiger partial charge in [-0.05, 0) is 89.8 Å². The Balaban J connectivity index is 2.29. The van der Waals surface area contributed by atoms with Crippen molar-refractivity contribution in [1.82, 2.24) is 10.3 Å². The van der Waals surface area contributed by atoms with Gasteiger partial charge in [0.1, 0.15) is 5.82 Å². The van der Waals surface area contributed by atoms with E-state index in [2.05, 4.69) is 133 Å². The van der Waals surface area contributed by atoms with Crippen molar-refractivity contribution < 1.29 is 0 Å². The van der Waals surface area contributed by atoms with Crippen LogP contribution in [0.3, 0.4) is 0 Å². The van der Waals surface area contributed by atoms with E-state index in [1.807, 2.05) is 33.2 Å². The fraction of sp³-hybridized carbons (Fsp3) is 0.462. The fourth-order valence-corrected chi connectivity index (χ4v) is 4.91. The van der Waals surface area contributed by atoms with Gasteiger partial charge in [0.05, 0.1) is 29.0 Å². The first-order valence-electron chi connectivity index (χ1n) is 16.4. The van der Waals surface area contributed by atoms with Crippen molar-refractivity contribution in [2.45, 2.75) is 102 Å². The van der Waals surface area contributed by atoms with Gasteiger partial charge in [-0.15, -0.1) is 0 Å². The van der Waals surface area contributed by atoms with Crippen LogP contribution in [0.15, 0.2) is 88.4 Å². The molecule has 6 heteroatoms. The van der Waals surface area contributed by atoms with Gasteiger partial charge in [-0.25, -0.2) is 4.98 Å². The van der Waals surface area contributed by atoms with Crippen LogP contribution in [0.5, 0.6) is 0 Å². The predicted octanol–water partition coefficient (Wildman–Crippen LogP) is 9.89. The molecule has 1 unspecified atom stereocenters. The molecule has 0 aliphatic carbocycles. The van der Waals surface area contributed by atoms with Crippen LogP contribution in [-0.2, 0) is 6.54 Å². The number of rotatable bonds is 15. The molecule has 0 amide bonds. The molecule has 6 nitrogen and oxygen atoms in total. The number of nitrogens with zero attached hydrogens (tertiary/aromatic N) is 5. The van der Waals surface area contributed by atoms with E-state index in [-0.39, 0.29) is 5.41 Å². The van der Waals surface area contributed by atoms with E-state index in [1.165, 1.54) is 16.8 Å². The molecule has 2 rings (SSSR count). The van der Waals surface area contributed by atoms with Gasteiger partial charge < -0.3 is 15.1 Å². The highest BCUT2D eigenvalue weighted by molar-refractivity contribution is 5.98. The molecule has 0 aliphatic heterocycles. The van der Waals surface area contributed by atoms with Crippen molar-refractivity contribution in [1.29, 1.82) is 0 Å². The quantitative estimate of drug-likeness (QED) is 0.161. The summed E-state index contributed by atoms with van der Waals surface area (Å²) in [5.41, 5.74) is 9.35. The summed E-state index contributed by atoms with van der Waals surface area (Å²) < 4.78 is 0. The third-order valence-corrected chi connectivity index (χ3v) is 8.19. The Morgan fingerprint density at radius 1 is 1.09 bits per heavy atom. The molecule has 0 spiro atoms. The van der Waals surface area contributed by atoms with E-state index in [1.54, 1.807) is 0 Å². The molecule has 1 atom stereocenters. The Kier molecular flexibility index (Phi) is 14.5. The van der Waals surface area contributed by atoms with Crippen molar-refractivity contribution in [3.8, 4) is 0 Å². The van der Waals surface area contributed by atoms with E-state index in [4.69, 9.17) is 15.0 Å². The number of hydrogen-bond acceptors (Lipinski definition) is 6. The van der Waals surface area contributed by atoms with Crippen LogP contribution in [-0.4, -0.2) is 36.5 Å². The minimum absolute atomic E-state index is 0.0647. The number of nitrogens with one attached hydrogen (secondary N) is 1. The molecule has 0 radical (unpaired) electrons. The lowest BCUT2D eigenvalue weighted by Crippen LogP contribution is -2.33. The first kappa shape index (κ1) is 37.3. The molecular formula is C39H58N6. The Morgan fingerprint density at radius 3 is 2.31 bits per heavy atom. The Hall–Kier alpha value is -3.93. The molecule has 1 heterocycles. The van der Waals surface area contributed by atoms with Crippen molar-refractivity contribution in [3.05, 3.63) is 95.1 Å². The summed E-state index contributed by atoms with van der Waals surface area (Å²) in [7, 11) is 2.06. The van der Waals surface area contributed by atoms with Crippen LogP contribution in [0.2, 0.25) is 0 Å². The number of allylic oxidation sites excluding steroid dienone is 5. The first-order valence-corrected chi connectivity index (χ1v) is 16.4. The average Bonchev–Trinajstić information content (AvgIpc) is 3.01. The summed E-state index contributed by atoms with van der Waals surface area (Å²) in [4.78, 5) is 18.9. The molecule has 0 saturated carbocycles. The number of aryl methyl sites for hydroxylation is 1. The second-order valence-corrected chi connectivity index (χ2v) is 12.6. The third-order valence-electron chi connectivity index (χ3n) is 8.19. The van der Waals surface area contributed by atoms with Crippen LogP contribution in [0, 0.1) is 12.3 Å². The smallest absolute Gasteiger partial charge is 0.132 e. The van der Waals surface area contributed by atoms with E-state index >= 15 is 0 Å². The summed E-state index contributed by atoms with van der Waals surface area (Å²) in [6.45, 7) is 29.2. The van der Waals surface area contributed by atoms with Crippen LogP contribution in [0.25, 0.3) is 5.70 Å². The summed E-state index contributed by atoms with van der Waals surface area (Å²) in [5, 5.41) is 3.58. The molecule has 0 fully saturated rings. The molecule has 45 heavy (non-hydrogen) atoms. The topological polar surface area (TPSA) is 56.1 Å². The number of benzene rings is 1. The second-order valence-electron chi connectivity index (χ2n) is 12.6. The Labute approximate surface area is 274 Å². The molecular weight excluding hydrogens is 552 g/mol. The van der Waals surface area contributed by atoms with Crippen LogP contribution < -0.4 is 15.1 Å². The lowest BCUT2D eigenvalue weighted by molar-refractivity contribution is 0.500. The molecule has 2 aromatic rings. The van der Waals surface area contributed by atoms with Crippen molar-refractivity contribution in [3.63, 3.8) is 0 Å². The van der Waals surface area contributed by atoms with E-state index in [9.17, 15) is 0 Å². The minimum Gasteiger partial charge on any atom is -0.380 e. The SMILES string of the molecule is C=C(/N=C(C)/C(=C\C)NCc1ccc(C(=C/C(=C/C)N(C)c2ccc(N(CCC)C(C)CC)cn2)/N=C\C)cc1C)C(C)(C)C. The number of pyridine rings is 1. The molecule has 0 bridgehead atoms. The Bertz CT molecular complexity index is 1420. The van der Waals surface area contributed by atoms with Gasteiger partial charge in [0.2, 0.25) is 0 Å². The van der Waals surface area contributed by atoms with Gasteiger partial charge in [-0.2, -0.15) is 0 Å². The lowest BCUT2D eigenvalue weighted by atomic mass is 9.93. The molecule has 0 aliphatic rings. The predicted molar refractivity (Wildman–Crippen MR) is 199 cm³/mol. The van der Waals surface area contributed by atoms with Crippen molar-refractivity contribution in [2.75, 3.05) is 23.4 Å². The monoisotopic (exact) mass is 610 g/mol. The normalized spacial score (nSPS) is 14.1. The van der Waals surface area contributed by atoms with Crippen LogP contribution in [0.4, 0.5) is 11.5 Å². The zero-order valence-electron chi connectivity index (χ0n) is 30.1. The molecule has 1 aromatic carbocycles. The van der Waals surface area contributed by atoms with Gasteiger partial charge in [0, 0.05) is 54.8 Å². The van der Waals surface area contributed by atoms with E-state index in [0.717, 1.165) is 59.3 Å². The highest BCUT2D eigenvalue weighted by Crippen LogP contribution is 2.27. The maximum Gasteiger partial charge on any atom is 0.132 e. The number of hydrogen-bond donors (Lipinski definition) is 1. The average molecular weight is 611 g/mol. The van der Waals surface area contributed by atoms with Gasteiger partial charge in [-0.3, -0.25) is 9.98 Å². The fourth-order valence-electron chi connectivity index (χ4n) is 4.91. The Morgan fingerprint density at radius 2 is 1.80 bits per heavy atom. The van der Waals surface area contributed by atoms with Gasteiger partial charge in [0.15, 0.2) is 0 Å². The molecule has 0 saturated heterocycles. The second kappa shape index (κ2) is 17.5. The molecule has 1 N–H and O–H groups in total. The van der Waals surface area contributed by atoms with Gasteiger partial charge in [-0.1, -0.05) is 65.5 Å². The summed E-state index contributed by atoms with van der Waals surface area (Å²) in [6, 6.07) is 11.3. The highest BCUT2D eigenvalue weighted by Gasteiger charge is 2.16. The maximum absolute atomic E-state index is 4.85. The van der Waals surface area contributed by atoms with Gasteiger partial charge in [0.25, 0.3) is 0 Å². The van der Waals surface area contributed by atoms with Gasteiger partial charge >= 0.3 is 0 Å². The van der Waals surface area contributed by atoms with E-state index in [0.29, 0.717) is 12.6 Å². The van der Waals surface area contributed by atoms with E-state index < -0.39 is 0 Å². The maximum atomic E-state index is 4.85. The standard InChI is InChI=1S/C39H58N6/c1-14-23-45(29(7)15-2)35-21-22-38(42-27-35)44(13)34(16-3)25-37(40-18-5)32-19-20-33(28(6)24-32)26-41-36(17-4)30(8)43-31(9)39(10,11)12/h16-22,24-25,27,29,41H,9,14-15,23,26H2,1-8,10-13H3/b34-16-,36-17+,37-25-,40-18-,43-30+. The summed E-state index contributed by atoms with van der Waals surface area (Å²) >= 11 is 0. The molecule has 1 aromatic heterocycles. The van der Waals surface area contributed by atoms with Crippen LogP contribution in [0.1, 0.15) is 98.8 Å². The minimum atomic E-state index is -0.0647. The largest absolute Gasteiger partial charge is 0.380 e. The van der Waals surface area contributed by atoms with Crippen molar-refractivity contribution >= 4 is 29.1 Å². The third kappa shape index (κ3) is 10.6. The first-order chi connectivity index (χ1) is 21.3. The zero-order valence-corrected chi connectivity index (χ0v) is 30.1. The zero-order chi connectivity index (χ0) is 33.7. The van der Waals surface area contributed by atoms with Crippen LogP contribution >= 0.6 is 0 Å². The summed E-state index contributed by atoms with van der Waals surface area (Å²) in [6.07, 6.45) is 12.4. The summed E-state index contributed by atoms with van der Waals surface area (Å²) in [5.74, 6) is 0.894. The number of anilines is 2. The lowest BCUT2D eigenvalue weighted by Gasteiger charge is -2.30. The molecule has 244 valence electrons. The number of aliphatic imine (C=N–C) groups is 2. The number of aromatic nitrogens is 1.